The Morgan fingerprint density at radius 3 is 2.52 bits per heavy atom. The molecule has 8 nitrogen and oxygen atoms in total. The summed E-state index contributed by atoms with van der Waals surface area (Å²) in [6, 6.07) is 5.66. The fourth-order valence-corrected chi connectivity index (χ4v) is 3.68. The van der Waals surface area contributed by atoms with Crippen molar-refractivity contribution in [3.63, 3.8) is 0 Å². The summed E-state index contributed by atoms with van der Waals surface area (Å²) in [6.45, 7) is 10.8. The van der Waals surface area contributed by atoms with Gasteiger partial charge >= 0.3 is 0 Å². The largest absolute Gasteiger partial charge is 0.508 e. The molecule has 0 spiro atoms. The van der Waals surface area contributed by atoms with Crippen LogP contribution in [0.1, 0.15) is 57.7 Å². The lowest BCUT2D eigenvalue weighted by Gasteiger charge is -2.21. The van der Waals surface area contributed by atoms with Crippen LogP contribution in [0.15, 0.2) is 24.5 Å². The Kier molecular flexibility index (Phi) is 7.33. The summed E-state index contributed by atoms with van der Waals surface area (Å²) in [5, 5.41) is 26.6. The van der Waals surface area contributed by atoms with E-state index in [0.717, 1.165) is 29.6 Å². The van der Waals surface area contributed by atoms with E-state index in [1.165, 1.54) is 0 Å². The molecule has 3 rings (SSSR count). The molecule has 0 aliphatic carbocycles. The average molecular weight is 427 g/mol. The van der Waals surface area contributed by atoms with E-state index in [4.69, 9.17) is 4.98 Å². The summed E-state index contributed by atoms with van der Waals surface area (Å²) < 4.78 is 2.10. The van der Waals surface area contributed by atoms with Crippen molar-refractivity contribution in [1.82, 2.24) is 19.5 Å². The number of anilines is 2. The summed E-state index contributed by atoms with van der Waals surface area (Å²) >= 11 is 0. The van der Waals surface area contributed by atoms with Crippen molar-refractivity contribution >= 4 is 22.9 Å². The van der Waals surface area contributed by atoms with Crippen LogP contribution < -0.4 is 10.6 Å². The topological polar surface area (TPSA) is 108 Å². The van der Waals surface area contributed by atoms with E-state index in [9.17, 15) is 10.2 Å². The first-order valence-corrected chi connectivity index (χ1v) is 11.0. The molecule has 0 fully saturated rings. The molecule has 3 aromatic rings. The Morgan fingerprint density at radius 1 is 1.13 bits per heavy atom. The van der Waals surface area contributed by atoms with Gasteiger partial charge in [-0.15, -0.1) is 0 Å². The number of rotatable bonds is 10. The highest BCUT2D eigenvalue weighted by Crippen LogP contribution is 2.28. The van der Waals surface area contributed by atoms with Gasteiger partial charge in [0, 0.05) is 18.2 Å². The van der Waals surface area contributed by atoms with Crippen molar-refractivity contribution in [3.05, 3.63) is 35.7 Å². The Balaban J connectivity index is 2.02. The minimum Gasteiger partial charge on any atom is -0.508 e. The van der Waals surface area contributed by atoms with Gasteiger partial charge in [-0.2, -0.15) is 9.97 Å². The Bertz CT molecular complexity index is 1010. The van der Waals surface area contributed by atoms with Gasteiger partial charge in [-0.3, -0.25) is 0 Å². The van der Waals surface area contributed by atoms with Crippen LogP contribution in [0.2, 0.25) is 0 Å². The highest BCUT2D eigenvalue weighted by molar-refractivity contribution is 5.84. The van der Waals surface area contributed by atoms with Gasteiger partial charge in [0.05, 0.1) is 19.0 Å². The van der Waals surface area contributed by atoms with Crippen LogP contribution in [0.25, 0.3) is 11.2 Å². The third-order valence-corrected chi connectivity index (χ3v) is 5.75. The number of nitrogens with zero attached hydrogens (tertiary/aromatic N) is 4. The molecule has 168 valence electrons. The molecule has 4 N–H and O–H groups in total. The molecule has 8 heteroatoms. The molecule has 0 aliphatic rings. The number of hydrogen-bond acceptors (Lipinski definition) is 7. The van der Waals surface area contributed by atoms with Crippen molar-refractivity contribution in [2.24, 2.45) is 5.92 Å². The average Bonchev–Trinajstić information content (AvgIpc) is 3.17. The van der Waals surface area contributed by atoms with E-state index < -0.39 is 0 Å². The van der Waals surface area contributed by atoms with Crippen LogP contribution in [-0.4, -0.2) is 42.4 Å². The number of nitrogens with one attached hydrogen (secondary N) is 2. The molecule has 0 amide bonds. The monoisotopic (exact) mass is 426 g/mol. The number of imidazole rings is 1. The third-order valence-electron chi connectivity index (χ3n) is 5.75. The molecule has 0 radical (unpaired) electrons. The number of aromatic hydroxyl groups is 1. The van der Waals surface area contributed by atoms with Gasteiger partial charge in [-0.05, 0) is 31.7 Å². The maximum absolute atomic E-state index is 10.2. The molecule has 1 aromatic carbocycles. The predicted molar refractivity (Wildman–Crippen MR) is 124 cm³/mol. The number of hydrogen-bond donors (Lipinski definition) is 4. The van der Waals surface area contributed by atoms with Crippen molar-refractivity contribution < 1.29 is 10.2 Å². The van der Waals surface area contributed by atoms with Gasteiger partial charge in [-0.1, -0.05) is 45.4 Å². The van der Waals surface area contributed by atoms with Crippen LogP contribution in [-0.2, 0) is 6.54 Å². The Hall–Kier alpha value is -2.87. The molecule has 1 unspecified atom stereocenters. The van der Waals surface area contributed by atoms with Crippen molar-refractivity contribution in [2.45, 2.75) is 66.1 Å². The summed E-state index contributed by atoms with van der Waals surface area (Å²) in [5.74, 6) is 1.50. The zero-order chi connectivity index (χ0) is 22.5. The van der Waals surface area contributed by atoms with Gasteiger partial charge in [0.15, 0.2) is 17.0 Å². The second kappa shape index (κ2) is 9.96. The number of phenols is 1. The van der Waals surface area contributed by atoms with Crippen molar-refractivity contribution in [2.75, 3.05) is 17.2 Å². The van der Waals surface area contributed by atoms with E-state index in [2.05, 4.69) is 39.0 Å². The maximum atomic E-state index is 10.2. The minimum atomic E-state index is -0.157. The number of aryl methyl sites for hydroxylation is 1. The lowest BCUT2D eigenvalue weighted by Crippen LogP contribution is -2.30. The minimum absolute atomic E-state index is 0.00913. The first-order chi connectivity index (χ1) is 14.9. The zero-order valence-corrected chi connectivity index (χ0v) is 19.1. The number of phenolic OH excluding ortho intramolecular Hbond substituents is 1. The van der Waals surface area contributed by atoms with E-state index in [1.807, 2.05) is 39.2 Å². The number of aliphatic hydroxyl groups excluding tert-OH is 1. The second-order valence-electron chi connectivity index (χ2n) is 8.35. The van der Waals surface area contributed by atoms with Gasteiger partial charge in [-0.25, -0.2) is 4.98 Å². The van der Waals surface area contributed by atoms with Gasteiger partial charge in [0.1, 0.15) is 5.75 Å². The molecule has 0 saturated heterocycles. The van der Waals surface area contributed by atoms with Crippen LogP contribution in [0.5, 0.6) is 5.75 Å². The van der Waals surface area contributed by atoms with Gasteiger partial charge < -0.3 is 25.4 Å². The standard InChI is InChI=1S/C23H34N6O2/c1-6-17(7-2)29-13-25-20-21(24-11-16-10-15(5)8-9-19(16)31)27-23(28-22(20)29)26-18(12-30)14(3)4/h8-10,13-14,17-18,30-31H,6-7,11-12H2,1-5H3,(H2,24,26,27,28). The normalized spacial score (nSPS) is 12.6. The quantitative estimate of drug-likeness (QED) is 0.384. The summed E-state index contributed by atoms with van der Waals surface area (Å²) in [4.78, 5) is 14.0. The molecule has 2 heterocycles. The maximum Gasteiger partial charge on any atom is 0.227 e. The first-order valence-electron chi connectivity index (χ1n) is 11.0. The van der Waals surface area contributed by atoms with Gasteiger partial charge in [0.2, 0.25) is 5.95 Å². The lowest BCUT2D eigenvalue weighted by molar-refractivity contribution is 0.248. The molecule has 0 bridgehead atoms. The SMILES string of the molecule is CCC(CC)n1cnc2c(NCc3cc(C)ccc3O)nc(NC(CO)C(C)C)nc21. The van der Waals surface area contributed by atoms with E-state index in [1.54, 1.807) is 6.07 Å². The molecule has 31 heavy (non-hydrogen) atoms. The van der Waals surface area contributed by atoms with Crippen LogP contribution >= 0.6 is 0 Å². The summed E-state index contributed by atoms with van der Waals surface area (Å²) in [7, 11) is 0. The van der Waals surface area contributed by atoms with E-state index in [-0.39, 0.29) is 24.3 Å². The van der Waals surface area contributed by atoms with Crippen molar-refractivity contribution in [3.8, 4) is 5.75 Å². The summed E-state index contributed by atoms with van der Waals surface area (Å²) in [6.07, 6.45) is 3.77. The Labute approximate surface area is 183 Å². The molecule has 0 aliphatic heterocycles. The fraction of sp³-hybridized carbons (Fsp3) is 0.522. The number of fused-ring (bicyclic) bond motifs is 1. The fourth-order valence-electron chi connectivity index (χ4n) is 3.68. The number of aromatic nitrogens is 4. The smallest absolute Gasteiger partial charge is 0.227 e. The zero-order valence-electron chi connectivity index (χ0n) is 19.1. The highest BCUT2D eigenvalue weighted by atomic mass is 16.3. The van der Waals surface area contributed by atoms with Crippen LogP contribution in [0.3, 0.4) is 0 Å². The van der Waals surface area contributed by atoms with Crippen LogP contribution in [0.4, 0.5) is 11.8 Å². The summed E-state index contributed by atoms with van der Waals surface area (Å²) in [5.41, 5.74) is 3.30. The van der Waals surface area contributed by atoms with Crippen molar-refractivity contribution in [1.29, 1.82) is 0 Å². The second-order valence-corrected chi connectivity index (χ2v) is 8.35. The Morgan fingerprint density at radius 2 is 1.87 bits per heavy atom. The molecule has 1 atom stereocenters. The van der Waals surface area contributed by atoms with E-state index >= 15 is 0 Å². The highest BCUT2D eigenvalue weighted by Gasteiger charge is 2.20. The lowest BCUT2D eigenvalue weighted by atomic mass is 10.1. The first kappa shape index (κ1) is 22.8. The van der Waals surface area contributed by atoms with Crippen LogP contribution in [0, 0.1) is 12.8 Å². The number of aliphatic hydroxyl groups is 1. The molecular formula is C23H34N6O2. The predicted octanol–water partition coefficient (Wildman–Crippen LogP) is 4.24. The molecular weight excluding hydrogens is 392 g/mol. The molecule has 2 aromatic heterocycles. The van der Waals surface area contributed by atoms with E-state index in [0.29, 0.717) is 29.9 Å². The number of benzene rings is 1. The van der Waals surface area contributed by atoms with Gasteiger partial charge in [0.25, 0.3) is 0 Å². The third kappa shape index (κ3) is 5.07. The molecule has 0 saturated carbocycles.